The monoisotopic (exact) mass is 340 g/mol. The highest BCUT2D eigenvalue weighted by Crippen LogP contribution is 2.32. The fourth-order valence-electron chi connectivity index (χ4n) is 2.21. The number of para-hydroxylation sites is 1. The van der Waals surface area contributed by atoms with Gasteiger partial charge in [-0.2, -0.15) is 0 Å². The Morgan fingerprint density at radius 2 is 2.00 bits per heavy atom. The van der Waals surface area contributed by atoms with Gasteiger partial charge in [0.1, 0.15) is 17.0 Å². The highest BCUT2D eigenvalue weighted by molar-refractivity contribution is 7.22. The number of fused-ring (bicyclic) bond motifs is 1. The van der Waals surface area contributed by atoms with Crippen LogP contribution in [0, 0.1) is 0 Å². The molecule has 24 heavy (non-hydrogen) atoms. The largest absolute Gasteiger partial charge is 0.497 e. The molecule has 122 valence electrons. The summed E-state index contributed by atoms with van der Waals surface area (Å²) >= 11 is 1.41. The fourth-order valence-corrected chi connectivity index (χ4v) is 3.09. The van der Waals surface area contributed by atoms with Crippen LogP contribution in [0.5, 0.6) is 11.5 Å². The van der Waals surface area contributed by atoms with Crippen molar-refractivity contribution in [3.63, 3.8) is 0 Å². The number of rotatable bonds is 5. The minimum absolute atomic E-state index is 0.240. The maximum Gasteiger partial charge on any atom is 0.250 e. The van der Waals surface area contributed by atoms with Gasteiger partial charge in [0.2, 0.25) is 5.91 Å². The number of nitrogens with one attached hydrogen (secondary N) is 1. The number of nitrogens with zero attached hydrogens (tertiary/aromatic N) is 1. The molecule has 3 rings (SSSR count). The Morgan fingerprint density at radius 3 is 2.79 bits per heavy atom. The molecule has 5 nitrogen and oxygen atoms in total. The molecule has 0 bridgehead atoms. The topological polar surface area (TPSA) is 60.5 Å². The van der Waals surface area contributed by atoms with E-state index in [-0.39, 0.29) is 5.91 Å². The predicted octanol–water partition coefficient (Wildman–Crippen LogP) is 3.97. The van der Waals surface area contributed by atoms with Crippen LogP contribution in [0.15, 0.2) is 48.5 Å². The van der Waals surface area contributed by atoms with Crippen molar-refractivity contribution < 1.29 is 14.3 Å². The van der Waals surface area contributed by atoms with Gasteiger partial charge < -0.3 is 9.47 Å². The van der Waals surface area contributed by atoms with Crippen molar-refractivity contribution >= 4 is 38.7 Å². The van der Waals surface area contributed by atoms with Gasteiger partial charge in [0.25, 0.3) is 0 Å². The number of hydrogen-bond acceptors (Lipinski definition) is 5. The lowest BCUT2D eigenvalue weighted by molar-refractivity contribution is -0.111. The van der Waals surface area contributed by atoms with Crippen molar-refractivity contribution in [2.45, 2.75) is 0 Å². The molecule has 0 aliphatic rings. The third-order valence-electron chi connectivity index (χ3n) is 3.35. The number of ether oxygens (including phenoxy) is 2. The lowest BCUT2D eigenvalue weighted by atomic mass is 10.2. The Balaban J connectivity index is 1.73. The molecule has 0 saturated carbocycles. The summed E-state index contributed by atoms with van der Waals surface area (Å²) in [4.78, 5) is 16.5. The molecular weight excluding hydrogens is 324 g/mol. The third-order valence-corrected chi connectivity index (χ3v) is 4.29. The van der Waals surface area contributed by atoms with Gasteiger partial charge in [-0.05, 0) is 35.9 Å². The van der Waals surface area contributed by atoms with Crippen LogP contribution >= 0.6 is 11.3 Å². The van der Waals surface area contributed by atoms with E-state index >= 15 is 0 Å². The quantitative estimate of drug-likeness (QED) is 0.714. The average Bonchev–Trinajstić information content (AvgIpc) is 3.02. The van der Waals surface area contributed by atoms with E-state index in [1.54, 1.807) is 20.3 Å². The number of methoxy groups -OCH3 is 2. The molecule has 1 aromatic heterocycles. The van der Waals surface area contributed by atoms with Crippen LogP contribution in [0.2, 0.25) is 0 Å². The summed E-state index contributed by atoms with van der Waals surface area (Å²) in [6.07, 6.45) is 3.20. The zero-order chi connectivity index (χ0) is 16.9. The first-order valence-corrected chi connectivity index (χ1v) is 8.08. The third kappa shape index (κ3) is 3.55. The van der Waals surface area contributed by atoms with Crippen LogP contribution in [0.4, 0.5) is 5.13 Å². The molecule has 1 amide bonds. The molecule has 3 aromatic rings. The van der Waals surface area contributed by atoms with Crippen molar-refractivity contribution in [2.24, 2.45) is 0 Å². The summed E-state index contributed by atoms with van der Waals surface area (Å²) in [5.41, 5.74) is 1.63. The average molecular weight is 340 g/mol. The van der Waals surface area contributed by atoms with Crippen molar-refractivity contribution in [2.75, 3.05) is 19.5 Å². The van der Waals surface area contributed by atoms with E-state index in [2.05, 4.69) is 10.3 Å². The minimum atomic E-state index is -0.240. The van der Waals surface area contributed by atoms with Gasteiger partial charge in [-0.25, -0.2) is 4.98 Å². The first-order valence-electron chi connectivity index (χ1n) is 7.26. The summed E-state index contributed by atoms with van der Waals surface area (Å²) in [6.45, 7) is 0. The summed E-state index contributed by atoms with van der Waals surface area (Å²) in [5.74, 6) is 1.20. The second-order valence-corrected chi connectivity index (χ2v) is 5.96. The van der Waals surface area contributed by atoms with Gasteiger partial charge >= 0.3 is 0 Å². The maximum atomic E-state index is 12.1. The fraction of sp³-hybridized carbons (Fsp3) is 0.111. The number of hydrogen-bond donors (Lipinski definition) is 1. The van der Waals surface area contributed by atoms with Gasteiger partial charge in [-0.1, -0.05) is 29.5 Å². The van der Waals surface area contributed by atoms with Crippen LogP contribution in [0.25, 0.3) is 16.3 Å². The van der Waals surface area contributed by atoms with Crippen LogP contribution in [-0.2, 0) is 4.79 Å². The van der Waals surface area contributed by atoms with Crippen molar-refractivity contribution in [3.05, 3.63) is 54.1 Å². The zero-order valence-corrected chi connectivity index (χ0v) is 14.1. The molecule has 2 aromatic carbocycles. The Bertz CT molecular complexity index is 902. The van der Waals surface area contributed by atoms with Gasteiger partial charge in [0.05, 0.1) is 18.9 Å². The first kappa shape index (κ1) is 16.0. The number of amides is 1. The summed E-state index contributed by atoms with van der Waals surface area (Å²) in [7, 11) is 3.21. The highest BCUT2D eigenvalue weighted by Gasteiger charge is 2.09. The van der Waals surface area contributed by atoms with Crippen LogP contribution in [0.1, 0.15) is 5.56 Å². The van der Waals surface area contributed by atoms with E-state index in [0.717, 1.165) is 21.5 Å². The van der Waals surface area contributed by atoms with E-state index in [0.29, 0.717) is 10.9 Å². The van der Waals surface area contributed by atoms with Gasteiger partial charge in [0, 0.05) is 6.08 Å². The molecule has 0 aliphatic heterocycles. The van der Waals surface area contributed by atoms with Crippen LogP contribution in [0.3, 0.4) is 0 Å². The van der Waals surface area contributed by atoms with Crippen molar-refractivity contribution in [3.8, 4) is 11.5 Å². The van der Waals surface area contributed by atoms with Gasteiger partial charge in [0.15, 0.2) is 5.13 Å². The Hall–Kier alpha value is -2.86. The van der Waals surface area contributed by atoms with E-state index in [1.165, 1.54) is 17.4 Å². The SMILES string of the molecule is COc1cccc(/C=C/C(=O)Nc2nc3c(OC)cccc3s2)c1. The number of anilines is 1. The van der Waals surface area contributed by atoms with Crippen molar-refractivity contribution in [1.82, 2.24) is 4.98 Å². The summed E-state index contributed by atoms with van der Waals surface area (Å²) < 4.78 is 11.4. The molecule has 0 radical (unpaired) electrons. The Morgan fingerprint density at radius 1 is 1.17 bits per heavy atom. The standard InChI is InChI=1S/C18H16N2O3S/c1-22-13-6-3-5-12(11-13)9-10-16(21)19-18-20-17-14(23-2)7-4-8-15(17)24-18/h3-11H,1-2H3,(H,19,20,21)/b10-9+. The van der Waals surface area contributed by atoms with Crippen LogP contribution in [-0.4, -0.2) is 25.1 Å². The summed E-state index contributed by atoms with van der Waals surface area (Å²) in [6, 6.07) is 13.2. The Labute approximate surface area is 143 Å². The van der Waals surface area contributed by atoms with Gasteiger partial charge in [-0.15, -0.1) is 0 Å². The molecular formula is C18H16N2O3S. The number of carbonyl (C=O) groups is 1. The van der Waals surface area contributed by atoms with E-state index in [1.807, 2.05) is 42.5 Å². The molecule has 0 aliphatic carbocycles. The van der Waals surface area contributed by atoms with Crippen LogP contribution < -0.4 is 14.8 Å². The normalized spacial score (nSPS) is 10.9. The maximum absolute atomic E-state index is 12.1. The molecule has 1 heterocycles. The first-order chi connectivity index (χ1) is 11.7. The zero-order valence-electron chi connectivity index (χ0n) is 13.3. The second kappa shape index (κ2) is 7.14. The number of carbonyl (C=O) groups excluding carboxylic acids is 1. The van der Waals surface area contributed by atoms with E-state index in [4.69, 9.17) is 9.47 Å². The molecule has 0 fully saturated rings. The Kier molecular flexibility index (Phi) is 4.77. The molecule has 0 unspecified atom stereocenters. The lowest BCUT2D eigenvalue weighted by Gasteiger charge is -2.00. The second-order valence-electron chi connectivity index (χ2n) is 4.93. The number of benzene rings is 2. The molecule has 6 heteroatoms. The van der Waals surface area contributed by atoms with E-state index < -0.39 is 0 Å². The number of aromatic nitrogens is 1. The highest BCUT2D eigenvalue weighted by atomic mass is 32.1. The summed E-state index contributed by atoms with van der Waals surface area (Å²) in [5, 5.41) is 3.31. The lowest BCUT2D eigenvalue weighted by Crippen LogP contribution is -2.07. The van der Waals surface area contributed by atoms with E-state index in [9.17, 15) is 4.79 Å². The van der Waals surface area contributed by atoms with Gasteiger partial charge in [-0.3, -0.25) is 10.1 Å². The molecule has 0 spiro atoms. The smallest absolute Gasteiger partial charge is 0.250 e. The molecule has 1 N–H and O–H groups in total. The minimum Gasteiger partial charge on any atom is -0.497 e. The molecule has 0 atom stereocenters. The molecule has 0 saturated heterocycles. The number of thiazole rings is 1. The van der Waals surface area contributed by atoms with Crippen molar-refractivity contribution in [1.29, 1.82) is 0 Å². The predicted molar refractivity (Wildman–Crippen MR) is 96.8 cm³/mol.